The molecule has 0 atom stereocenters. The lowest BCUT2D eigenvalue weighted by Gasteiger charge is -2.09. The quantitative estimate of drug-likeness (QED) is 0.312. The van der Waals surface area contributed by atoms with E-state index in [4.69, 9.17) is 4.74 Å². The van der Waals surface area contributed by atoms with Gasteiger partial charge in [-0.05, 0) is 6.26 Å². The standard InChI is InChI=1S/C16H20N8O2S/c1-26-8-6-19-13-11-9-21-24(14(11)23-16(22-13)27-2)7-5-20-15(25)12-10-17-3-4-18-12/h3-4,9-10H,5-8H2,1-2H3,(H,20,25)(H,19,22,23). The zero-order valence-corrected chi connectivity index (χ0v) is 15.9. The van der Waals surface area contributed by atoms with Crippen molar-refractivity contribution in [3.8, 4) is 0 Å². The number of anilines is 1. The van der Waals surface area contributed by atoms with Gasteiger partial charge in [-0.3, -0.25) is 9.78 Å². The number of carbonyl (C=O) groups is 1. The van der Waals surface area contributed by atoms with Crippen LogP contribution in [0.2, 0.25) is 0 Å². The number of hydrogen-bond donors (Lipinski definition) is 2. The van der Waals surface area contributed by atoms with Gasteiger partial charge in [0.25, 0.3) is 5.91 Å². The lowest BCUT2D eigenvalue weighted by Crippen LogP contribution is -2.28. The van der Waals surface area contributed by atoms with Crippen molar-refractivity contribution < 1.29 is 9.53 Å². The summed E-state index contributed by atoms with van der Waals surface area (Å²) < 4.78 is 6.81. The van der Waals surface area contributed by atoms with Crippen molar-refractivity contribution in [1.29, 1.82) is 0 Å². The van der Waals surface area contributed by atoms with Crippen LogP contribution in [0.1, 0.15) is 10.5 Å². The number of ether oxygens (including phenoxy) is 1. The molecule has 0 aromatic carbocycles. The second-order valence-electron chi connectivity index (χ2n) is 5.43. The summed E-state index contributed by atoms with van der Waals surface area (Å²) in [6.45, 7) is 2.06. The number of aromatic nitrogens is 6. The molecule has 3 aromatic heterocycles. The van der Waals surface area contributed by atoms with Crippen LogP contribution >= 0.6 is 11.8 Å². The molecule has 3 heterocycles. The molecule has 142 valence electrons. The molecule has 0 unspecified atom stereocenters. The Labute approximate surface area is 160 Å². The smallest absolute Gasteiger partial charge is 0.271 e. The largest absolute Gasteiger partial charge is 0.383 e. The molecule has 3 aromatic rings. The van der Waals surface area contributed by atoms with Crippen LogP contribution in [0.4, 0.5) is 5.82 Å². The van der Waals surface area contributed by atoms with E-state index in [0.29, 0.717) is 37.0 Å². The van der Waals surface area contributed by atoms with Crippen LogP contribution < -0.4 is 10.6 Å². The summed E-state index contributed by atoms with van der Waals surface area (Å²) in [5.41, 5.74) is 0.988. The van der Waals surface area contributed by atoms with Crippen LogP contribution in [0.5, 0.6) is 0 Å². The normalized spacial score (nSPS) is 10.9. The number of carbonyl (C=O) groups excluding carboxylic acids is 1. The lowest BCUT2D eigenvalue weighted by molar-refractivity contribution is 0.0946. The van der Waals surface area contributed by atoms with Gasteiger partial charge in [-0.15, -0.1) is 0 Å². The highest BCUT2D eigenvalue weighted by Gasteiger charge is 2.13. The highest BCUT2D eigenvalue weighted by molar-refractivity contribution is 7.98. The summed E-state index contributed by atoms with van der Waals surface area (Å²) >= 11 is 1.46. The third-order valence-electron chi connectivity index (χ3n) is 3.66. The van der Waals surface area contributed by atoms with E-state index in [1.54, 1.807) is 18.0 Å². The number of nitrogens with zero attached hydrogens (tertiary/aromatic N) is 6. The average Bonchev–Trinajstić information content (AvgIpc) is 3.11. The molecular formula is C16H20N8O2S. The molecule has 0 bridgehead atoms. The average molecular weight is 388 g/mol. The monoisotopic (exact) mass is 388 g/mol. The SMILES string of the molecule is COCCNc1nc(SC)nc2c1cnn2CCNC(=O)c1cnccn1. The fourth-order valence-corrected chi connectivity index (χ4v) is 2.74. The summed E-state index contributed by atoms with van der Waals surface area (Å²) in [4.78, 5) is 29.0. The molecule has 2 N–H and O–H groups in total. The summed E-state index contributed by atoms with van der Waals surface area (Å²) in [7, 11) is 1.65. The predicted octanol–water partition coefficient (Wildman–Crippen LogP) is 0.826. The van der Waals surface area contributed by atoms with Crippen molar-refractivity contribution >= 4 is 34.5 Å². The van der Waals surface area contributed by atoms with Crippen molar-refractivity contribution in [3.63, 3.8) is 0 Å². The fourth-order valence-electron chi connectivity index (χ4n) is 2.38. The van der Waals surface area contributed by atoms with Crippen molar-refractivity contribution in [2.45, 2.75) is 11.7 Å². The molecule has 0 spiro atoms. The Morgan fingerprint density at radius 1 is 1.26 bits per heavy atom. The Kier molecular flexibility index (Phi) is 6.49. The highest BCUT2D eigenvalue weighted by atomic mass is 32.2. The van der Waals surface area contributed by atoms with E-state index in [2.05, 4.69) is 35.7 Å². The molecular weight excluding hydrogens is 368 g/mol. The van der Waals surface area contributed by atoms with E-state index in [0.717, 1.165) is 11.2 Å². The van der Waals surface area contributed by atoms with Gasteiger partial charge in [-0.25, -0.2) is 19.6 Å². The van der Waals surface area contributed by atoms with Crippen molar-refractivity contribution in [2.75, 3.05) is 38.4 Å². The van der Waals surface area contributed by atoms with Crippen LogP contribution in [-0.4, -0.2) is 68.7 Å². The third-order valence-corrected chi connectivity index (χ3v) is 4.21. The maximum Gasteiger partial charge on any atom is 0.271 e. The fraction of sp³-hybridized carbons (Fsp3) is 0.375. The van der Waals surface area contributed by atoms with E-state index >= 15 is 0 Å². The molecule has 3 rings (SSSR count). The maximum atomic E-state index is 12.0. The van der Waals surface area contributed by atoms with Gasteiger partial charge in [-0.1, -0.05) is 11.8 Å². The minimum absolute atomic E-state index is 0.277. The number of hydrogen-bond acceptors (Lipinski definition) is 9. The van der Waals surface area contributed by atoms with Crippen molar-refractivity contribution in [1.82, 2.24) is 35.0 Å². The Morgan fingerprint density at radius 3 is 2.89 bits per heavy atom. The van der Waals surface area contributed by atoms with Gasteiger partial charge in [0.2, 0.25) is 0 Å². The predicted molar refractivity (Wildman–Crippen MR) is 102 cm³/mol. The van der Waals surface area contributed by atoms with Gasteiger partial charge < -0.3 is 15.4 Å². The van der Waals surface area contributed by atoms with Crippen LogP contribution in [0.3, 0.4) is 0 Å². The first-order valence-electron chi connectivity index (χ1n) is 8.27. The highest BCUT2D eigenvalue weighted by Crippen LogP contribution is 2.23. The zero-order valence-electron chi connectivity index (χ0n) is 15.0. The van der Waals surface area contributed by atoms with E-state index in [9.17, 15) is 4.79 Å². The minimum Gasteiger partial charge on any atom is -0.383 e. The number of methoxy groups -OCH3 is 1. The molecule has 0 fully saturated rings. The van der Waals surface area contributed by atoms with Gasteiger partial charge in [-0.2, -0.15) is 5.10 Å². The Balaban J connectivity index is 1.71. The summed E-state index contributed by atoms with van der Waals surface area (Å²) in [5.74, 6) is 0.442. The van der Waals surface area contributed by atoms with Gasteiger partial charge in [0.15, 0.2) is 10.8 Å². The maximum absolute atomic E-state index is 12.0. The second kappa shape index (κ2) is 9.24. The first-order valence-corrected chi connectivity index (χ1v) is 9.50. The van der Waals surface area contributed by atoms with Gasteiger partial charge in [0.05, 0.1) is 30.9 Å². The van der Waals surface area contributed by atoms with Crippen LogP contribution in [-0.2, 0) is 11.3 Å². The molecule has 0 aliphatic carbocycles. The zero-order chi connectivity index (χ0) is 19.1. The van der Waals surface area contributed by atoms with Gasteiger partial charge in [0.1, 0.15) is 11.5 Å². The topological polar surface area (TPSA) is 120 Å². The molecule has 0 saturated carbocycles. The number of amides is 1. The van der Waals surface area contributed by atoms with E-state index in [-0.39, 0.29) is 11.6 Å². The molecule has 27 heavy (non-hydrogen) atoms. The number of rotatable bonds is 9. The van der Waals surface area contributed by atoms with E-state index in [1.807, 2.05) is 6.26 Å². The number of fused-ring (bicyclic) bond motifs is 1. The Morgan fingerprint density at radius 2 is 2.15 bits per heavy atom. The molecule has 0 saturated heterocycles. The van der Waals surface area contributed by atoms with E-state index in [1.165, 1.54) is 30.4 Å². The minimum atomic E-state index is -0.277. The molecule has 10 nitrogen and oxygen atoms in total. The first kappa shape index (κ1) is 19.0. The number of thioether (sulfide) groups is 1. The van der Waals surface area contributed by atoms with Gasteiger partial charge in [0, 0.05) is 32.6 Å². The van der Waals surface area contributed by atoms with E-state index < -0.39 is 0 Å². The molecule has 0 radical (unpaired) electrons. The Hall–Kier alpha value is -2.79. The van der Waals surface area contributed by atoms with Crippen LogP contribution in [0.25, 0.3) is 11.0 Å². The third kappa shape index (κ3) is 4.68. The second-order valence-corrected chi connectivity index (χ2v) is 6.20. The molecule has 1 amide bonds. The Bertz CT molecular complexity index is 902. The van der Waals surface area contributed by atoms with Crippen LogP contribution in [0, 0.1) is 0 Å². The summed E-state index contributed by atoms with van der Waals surface area (Å²) in [6, 6.07) is 0. The first-order chi connectivity index (χ1) is 13.2. The van der Waals surface area contributed by atoms with Crippen LogP contribution in [0.15, 0.2) is 29.9 Å². The van der Waals surface area contributed by atoms with Crippen molar-refractivity contribution in [3.05, 3.63) is 30.5 Å². The number of nitrogens with one attached hydrogen (secondary N) is 2. The molecule has 0 aliphatic rings. The van der Waals surface area contributed by atoms with Gasteiger partial charge >= 0.3 is 0 Å². The molecule has 11 heteroatoms. The summed E-state index contributed by atoms with van der Waals surface area (Å²) in [5, 5.41) is 11.9. The summed E-state index contributed by atoms with van der Waals surface area (Å²) in [6.07, 6.45) is 8.07. The molecule has 0 aliphatic heterocycles. The van der Waals surface area contributed by atoms with Crippen molar-refractivity contribution in [2.24, 2.45) is 0 Å². The lowest BCUT2D eigenvalue weighted by atomic mass is 10.4.